The van der Waals surface area contributed by atoms with Crippen molar-refractivity contribution in [2.75, 3.05) is 19.0 Å². The van der Waals surface area contributed by atoms with Gasteiger partial charge in [0.25, 0.3) is 5.91 Å². The van der Waals surface area contributed by atoms with E-state index in [2.05, 4.69) is 35.9 Å². The second-order valence-corrected chi connectivity index (χ2v) is 6.65. The molecule has 1 aromatic heterocycles. The molecule has 0 bridgehead atoms. The minimum atomic E-state index is -0.537. The number of hydrogen-bond donors (Lipinski definition) is 3. The molecule has 1 amide bonds. The molecule has 26 heavy (non-hydrogen) atoms. The molecule has 1 unspecified atom stereocenters. The van der Waals surface area contributed by atoms with Crippen molar-refractivity contribution in [3.05, 3.63) is 47.3 Å². The van der Waals surface area contributed by atoms with Gasteiger partial charge < -0.3 is 14.6 Å². The van der Waals surface area contributed by atoms with Gasteiger partial charge in [-0.25, -0.2) is 10.5 Å². The molecule has 3 N–H and O–H groups in total. The molecule has 7 nitrogen and oxygen atoms in total. The Bertz CT molecular complexity index is 809. The summed E-state index contributed by atoms with van der Waals surface area (Å²) in [7, 11) is 1.71. The Morgan fingerprint density at radius 2 is 2.12 bits per heavy atom. The predicted molar refractivity (Wildman–Crippen MR) is 99.7 cm³/mol. The Morgan fingerprint density at radius 1 is 1.38 bits per heavy atom. The van der Waals surface area contributed by atoms with E-state index < -0.39 is 5.91 Å². The normalized spacial score (nSPS) is 15.8. The van der Waals surface area contributed by atoms with Gasteiger partial charge in [0.15, 0.2) is 0 Å². The first-order chi connectivity index (χ1) is 12.5. The van der Waals surface area contributed by atoms with Crippen molar-refractivity contribution in [3.63, 3.8) is 0 Å². The van der Waals surface area contributed by atoms with Crippen LogP contribution in [0.1, 0.15) is 41.6 Å². The van der Waals surface area contributed by atoms with Gasteiger partial charge in [0.05, 0.1) is 18.0 Å². The highest BCUT2D eigenvalue weighted by molar-refractivity contribution is 5.93. The number of anilines is 2. The van der Waals surface area contributed by atoms with Crippen LogP contribution in [0.15, 0.2) is 30.3 Å². The van der Waals surface area contributed by atoms with Crippen LogP contribution in [0, 0.1) is 5.92 Å². The topological polar surface area (TPSA) is 88.4 Å². The van der Waals surface area contributed by atoms with Gasteiger partial charge in [-0.1, -0.05) is 6.08 Å². The van der Waals surface area contributed by atoms with E-state index in [0.29, 0.717) is 18.1 Å². The summed E-state index contributed by atoms with van der Waals surface area (Å²) in [6, 6.07) is 7.10. The quantitative estimate of drug-likeness (QED) is 0.546. The summed E-state index contributed by atoms with van der Waals surface area (Å²) >= 11 is 0. The third-order valence-electron chi connectivity index (χ3n) is 4.41. The lowest BCUT2D eigenvalue weighted by atomic mass is 9.97. The molecule has 3 rings (SSSR count). The zero-order valence-corrected chi connectivity index (χ0v) is 15.2. The molecular formula is C19H24N4O3. The zero-order chi connectivity index (χ0) is 18.7. The maximum Gasteiger partial charge on any atom is 0.274 e. The van der Waals surface area contributed by atoms with Crippen LogP contribution in [0.25, 0.3) is 6.08 Å². The van der Waals surface area contributed by atoms with Crippen molar-refractivity contribution in [1.82, 2.24) is 15.0 Å². The zero-order valence-electron chi connectivity index (χ0n) is 15.2. The maximum atomic E-state index is 11.4. The number of carbonyl (C=O) groups is 1. The third-order valence-corrected chi connectivity index (χ3v) is 4.41. The summed E-state index contributed by atoms with van der Waals surface area (Å²) in [6.07, 6.45) is 5.15. The number of amides is 1. The van der Waals surface area contributed by atoms with Gasteiger partial charge in [0, 0.05) is 36.7 Å². The molecule has 1 aliphatic carbocycles. The molecule has 0 radical (unpaired) electrons. The standard InChI is InChI=1S/C19H24N4O3/c1-12(2)23-17-9-4-13(11-26-3)10-16(17)21-19(23)20-15-7-5-14(6-8-15)18(24)22-25/h4-9,12-13,25H,10-11H2,1-3H3,(H,20,21)(H,22,24). The number of hydroxylamine groups is 1. The van der Waals surface area contributed by atoms with E-state index in [1.54, 1.807) is 36.9 Å². The van der Waals surface area contributed by atoms with Crippen LogP contribution in [0.2, 0.25) is 0 Å². The lowest BCUT2D eigenvalue weighted by molar-refractivity contribution is 0.0706. The van der Waals surface area contributed by atoms with E-state index in [1.165, 1.54) is 0 Å². The minimum absolute atomic E-state index is 0.247. The van der Waals surface area contributed by atoms with Crippen LogP contribution >= 0.6 is 0 Å². The highest BCUT2D eigenvalue weighted by atomic mass is 16.5. The summed E-state index contributed by atoms with van der Waals surface area (Å²) in [6.45, 7) is 4.93. The molecule has 7 heteroatoms. The molecule has 1 aliphatic rings. The van der Waals surface area contributed by atoms with Crippen LogP contribution in [0.3, 0.4) is 0 Å². The summed E-state index contributed by atoms with van der Waals surface area (Å²) in [4.78, 5) is 16.2. The molecule has 0 saturated heterocycles. The molecule has 1 heterocycles. The van der Waals surface area contributed by atoms with Gasteiger partial charge in [-0.15, -0.1) is 0 Å². The van der Waals surface area contributed by atoms with E-state index in [1.807, 2.05) is 0 Å². The number of benzene rings is 1. The molecule has 138 valence electrons. The molecule has 1 atom stereocenters. The molecule has 0 aliphatic heterocycles. The van der Waals surface area contributed by atoms with E-state index in [9.17, 15) is 4.79 Å². The lowest BCUT2D eigenvalue weighted by Crippen LogP contribution is -2.18. The van der Waals surface area contributed by atoms with Gasteiger partial charge in [0.2, 0.25) is 5.95 Å². The van der Waals surface area contributed by atoms with Crippen LogP contribution in [-0.4, -0.2) is 34.4 Å². The van der Waals surface area contributed by atoms with Crippen LogP contribution in [0.4, 0.5) is 11.6 Å². The Labute approximate surface area is 152 Å². The molecule has 1 aromatic carbocycles. The number of methoxy groups -OCH3 is 1. The van der Waals surface area contributed by atoms with Crippen LogP contribution < -0.4 is 10.8 Å². The van der Waals surface area contributed by atoms with Gasteiger partial charge in [0.1, 0.15) is 0 Å². The SMILES string of the molecule is COCC1C=Cc2c(nc(Nc3ccc(C(=O)NO)cc3)n2C(C)C)C1. The minimum Gasteiger partial charge on any atom is -0.384 e. The van der Waals surface area contributed by atoms with Crippen molar-refractivity contribution in [1.29, 1.82) is 0 Å². The summed E-state index contributed by atoms with van der Waals surface area (Å²) < 4.78 is 7.43. The van der Waals surface area contributed by atoms with Crippen LogP contribution in [0.5, 0.6) is 0 Å². The first kappa shape index (κ1) is 18.2. The summed E-state index contributed by atoms with van der Waals surface area (Å²) in [5, 5.41) is 12.0. The third kappa shape index (κ3) is 3.63. The highest BCUT2D eigenvalue weighted by Gasteiger charge is 2.23. The lowest BCUT2D eigenvalue weighted by Gasteiger charge is -2.18. The fourth-order valence-corrected chi connectivity index (χ4v) is 3.20. The van der Waals surface area contributed by atoms with Crippen molar-refractivity contribution < 1.29 is 14.7 Å². The van der Waals surface area contributed by atoms with E-state index in [0.717, 1.165) is 29.4 Å². The fraction of sp³-hybridized carbons (Fsp3) is 0.368. The second-order valence-electron chi connectivity index (χ2n) is 6.65. The number of fused-ring (bicyclic) bond motifs is 1. The first-order valence-electron chi connectivity index (χ1n) is 8.63. The first-order valence-corrected chi connectivity index (χ1v) is 8.63. The molecule has 2 aromatic rings. The van der Waals surface area contributed by atoms with Gasteiger partial charge in [-0.2, -0.15) is 0 Å². The number of carbonyl (C=O) groups excluding carboxylic acids is 1. The molecule has 0 spiro atoms. The van der Waals surface area contributed by atoms with E-state index in [4.69, 9.17) is 14.9 Å². The van der Waals surface area contributed by atoms with Crippen molar-refractivity contribution in [2.45, 2.75) is 26.3 Å². The summed E-state index contributed by atoms with van der Waals surface area (Å²) in [5.74, 6) is 0.573. The number of hydrogen-bond acceptors (Lipinski definition) is 5. The molecule has 0 fully saturated rings. The average molecular weight is 356 g/mol. The Balaban J connectivity index is 1.87. The highest BCUT2D eigenvalue weighted by Crippen LogP contribution is 2.30. The Hall–Kier alpha value is -2.64. The number of ether oxygens (including phenoxy) is 1. The second kappa shape index (κ2) is 7.72. The van der Waals surface area contributed by atoms with Gasteiger partial charge in [-0.3, -0.25) is 10.0 Å². The largest absolute Gasteiger partial charge is 0.384 e. The number of imidazole rings is 1. The van der Waals surface area contributed by atoms with Gasteiger partial charge >= 0.3 is 0 Å². The van der Waals surface area contributed by atoms with Crippen molar-refractivity contribution in [2.24, 2.45) is 5.92 Å². The number of aromatic nitrogens is 2. The number of rotatable bonds is 6. The van der Waals surface area contributed by atoms with E-state index >= 15 is 0 Å². The molecular weight excluding hydrogens is 332 g/mol. The Kier molecular flexibility index (Phi) is 5.39. The predicted octanol–water partition coefficient (Wildman–Crippen LogP) is 3.16. The average Bonchev–Trinajstić information content (AvgIpc) is 2.99. The van der Waals surface area contributed by atoms with Crippen molar-refractivity contribution in [3.8, 4) is 0 Å². The Morgan fingerprint density at radius 3 is 2.73 bits per heavy atom. The van der Waals surface area contributed by atoms with Crippen LogP contribution in [-0.2, 0) is 11.2 Å². The smallest absolute Gasteiger partial charge is 0.274 e. The number of nitrogens with zero attached hydrogens (tertiary/aromatic N) is 2. The van der Waals surface area contributed by atoms with Crippen molar-refractivity contribution >= 4 is 23.6 Å². The molecule has 0 saturated carbocycles. The fourth-order valence-electron chi connectivity index (χ4n) is 3.20. The summed E-state index contributed by atoms with van der Waals surface area (Å²) in [5.41, 5.74) is 5.01. The maximum absolute atomic E-state index is 11.4. The number of nitrogens with one attached hydrogen (secondary N) is 2. The monoisotopic (exact) mass is 356 g/mol. The van der Waals surface area contributed by atoms with Gasteiger partial charge in [-0.05, 0) is 44.2 Å². The van der Waals surface area contributed by atoms with E-state index in [-0.39, 0.29) is 6.04 Å².